The number of benzene rings is 4. The Morgan fingerprint density at radius 3 is 2.56 bits per heavy atom. The molecule has 0 atom stereocenters. The number of nitrogens with zero attached hydrogens (tertiary/aromatic N) is 1. The Hall–Kier alpha value is -4.42. The molecule has 1 heterocycles. The van der Waals surface area contributed by atoms with Gasteiger partial charge in [-0.2, -0.15) is 0 Å². The Morgan fingerprint density at radius 2 is 1.75 bits per heavy atom. The molecule has 7 heteroatoms. The van der Waals surface area contributed by atoms with Gasteiger partial charge in [-0.15, -0.1) is 0 Å². The van der Waals surface area contributed by atoms with E-state index in [-0.39, 0.29) is 17.3 Å². The van der Waals surface area contributed by atoms with Gasteiger partial charge in [0.1, 0.15) is 0 Å². The van der Waals surface area contributed by atoms with Crippen molar-refractivity contribution in [3.63, 3.8) is 0 Å². The van der Waals surface area contributed by atoms with Crippen molar-refractivity contribution in [3.05, 3.63) is 112 Å². The maximum Gasteiger partial charge on any atom is 0.363 e. The SMILES string of the molecule is CCOc1cc(/C=C2/N=C(c3ccc(Cl)cc3)OC2=O)ccc1OC(=O)c1cccc2ccccc12. The molecule has 4 aromatic carbocycles. The summed E-state index contributed by atoms with van der Waals surface area (Å²) in [5.41, 5.74) is 1.88. The Balaban J connectivity index is 1.42. The van der Waals surface area contributed by atoms with Gasteiger partial charge >= 0.3 is 11.9 Å². The molecule has 0 bridgehead atoms. The third kappa shape index (κ3) is 4.85. The van der Waals surface area contributed by atoms with Crippen molar-refractivity contribution in [2.45, 2.75) is 6.92 Å². The van der Waals surface area contributed by atoms with Gasteiger partial charge in [0.2, 0.25) is 5.90 Å². The van der Waals surface area contributed by atoms with Gasteiger partial charge in [0.05, 0.1) is 12.2 Å². The summed E-state index contributed by atoms with van der Waals surface area (Å²) in [6.45, 7) is 2.19. The van der Waals surface area contributed by atoms with Gasteiger partial charge in [0.25, 0.3) is 0 Å². The van der Waals surface area contributed by atoms with Gasteiger partial charge in [0, 0.05) is 10.6 Å². The summed E-state index contributed by atoms with van der Waals surface area (Å²) in [5.74, 6) is -0.210. The second-order valence-corrected chi connectivity index (χ2v) is 8.33. The number of aliphatic imine (C=N–C) groups is 1. The van der Waals surface area contributed by atoms with E-state index in [1.807, 2.05) is 43.3 Å². The summed E-state index contributed by atoms with van der Waals surface area (Å²) >= 11 is 5.93. The monoisotopic (exact) mass is 497 g/mol. The number of carbonyl (C=O) groups excluding carboxylic acids is 2. The zero-order chi connectivity index (χ0) is 25.1. The van der Waals surface area contributed by atoms with E-state index >= 15 is 0 Å². The highest BCUT2D eigenvalue weighted by Gasteiger charge is 2.24. The Bertz CT molecular complexity index is 1530. The summed E-state index contributed by atoms with van der Waals surface area (Å²) in [5, 5.41) is 2.32. The first-order chi connectivity index (χ1) is 17.5. The summed E-state index contributed by atoms with van der Waals surface area (Å²) in [7, 11) is 0. The highest BCUT2D eigenvalue weighted by atomic mass is 35.5. The van der Waals surface area contributed by atoms with Crippen molar-refractivity contribution in [1.82, 2.24) is 0 Å². The largest absolute Gasteiger partial charge is 0.490 e. The fourth-order valence-electron chi connectivity index (χ4n) is 3.81. The fraction of sp³-hybridized carbons (Fsp3) is 0.0690. The second-order valence-electron chi connectivity index (χ2n) is 7.90. The minimum absolute atomic E-state index is 0.142. The quantitative estimate of drug-likeness (QED) is 0.174. The number of cyclic esters (lactones) is 1. The van der Waals surface area contributed by atoms with Crippen LogP contribution in [0.5, 0.6) is 11.5 Å². The molecule has 0 unspecified atom stereocenters. The molecule has 0 radical (unpaired) electrons. The lowest BCUT2D eigenvalue weighted by atomic mass is 10.0. The van der Waals surface area contributed by atoms with Crippen molar-refractivity contribution in [2.24, 2.45) is 4.99 Å². The number of carbonyl (C=O) groups is 2. The van der Waals surface area contributed by atoms with Crippen molar-refractivity contribution < 1.29 is 23.8 Å². The lowest BCUT2D eigenvalue weighted by Gasteiger charge is -2.12. The molecule has 0 saturated heterocycles. The Kier molecular flexibility index (Phi) is 6.52. The Morgan fingerprint density at radius 1 is 0.972 bits per heavy atom. The average molecular weight is 498 g/mol. The number of hydrogen-bond acceptors (Lipinski definition) is 6. The third-order valence-electron chi connectivity index (χ3n) is 5.49. The molecular formula is C29H20ClNO5. The molecule has 0 N–H and O–H groups in total. The van der Waals surface area contributed by atoms with E-state index in [4.69, 9.17) is 25.8 Å². The molecule has 0 aliphatic carbocycles. The highest BCUT2D eigenvalue weighted by Crippen LogP contribution is 2.32. The van der Waals surface area contributed by atoms with E-state index in [1.165, 1.54) is 0 Å². The summed E-state index contributed by atoms with van der Waals surface area (Å²) in [4.78, 5) is 29.7. The fourth-order valence-corrected chi connectivity index (χ4v) is 3.93. The van der Waals surface area contributed by atoms with E-state index in [0.717, 1.165) is 10.8 Å². The van der Waals surface area contributed by atoms with Gasteiger partial charge in [-0.3, -0.25) is 0 Å². The molecule has 0 aromatic heterocycles. The van der Waals surface area contributed by atoms with Crippen LogP contribution in [0.1, 0.15) is 28.4 Å². The molecule has 1 aliphatic heterocycles. The van der Waals surface area contributed by atoms with E-state index in [2.05, 4.69) is 4.99 Å². The number of halogens is 1. The van der Waals surface area contributed by atoms with Gasteiger partial charge < -0.3 is 14.2 Å². The summed E-state index contributed by atoms with van der Waals surface area (Å²) in [6.07, 6.45) is 1.59. The summed E-state index contributed by atoms with van der Waals surface area (Å²) < 4.78 is 16.7. The standard InChI is InChI=1S/C29H20ClNO5/c1-2-34-26-17-18(16-24-29(33)36-27(31-24)20-11-13-21(30)14-12-20)10-15-25(26)35-28(32)23-9-5-7-19-6-3-4-8-22(19)23/h3-17H,2H2,1H3/b24-16+. The summed E-state index contributed by atoms with van der Waals surface area (Å²) in [6, 6.07) is 25.0. The number of esters is 2. The zero-order valence-electron chi connectivity index (χ0n) is 19.2. The van der Waals surface area contributed by atoms with Crippen LogP contribution in [0.15, 0.2) is 95.6 Å². The number of fused-ring (bicyclic) bond motifs is 1. The van der Waals surface area contributed by atoms with Gasteiger partial charge in [-0.25, -0.2) is 14.6 Å². The predicted molar refractivity (Wildman–Crippen MR) is 139 cm³/mol. The predicted octanol–water partition coefficient (Wildman–Crippen LogP) is 6.46. The smallest absolute Gasteiger partial charge is 0.363 e. The van der Waals surface area contributed by atoms with E-state index in [0.29, 0.717) is 34.1 Å². The van der Waals surface area contributed by atoms with Crippen LogP contribution in [0.25, 0.3) is 16.8 Å². The number of rotatable bonds is 6. The van der Waals surface area contributed by atoms with Crippen LogP contribution in [-0.4, -0.2) is 24.4 Å². The Labute approximate surface area is 212 Å². The van der Waals surface area contributed by atoms with Gasteiger partial charge in [-0.05, 0) is 71.8 Å². The maximum absolute atomic E-state index is 13.0. The maximum atomic E-state index is 13.0. The third-order valence-corrected chi connectivity index (χ3v) is 5.75. The molecule has 5 rings (SSSR count). The van der Waals surface area contributed by atoms with Crippen molar-refractivity contribution in [3.8, 4) is 11.5 Å². The van der Waals surface area contributed by atoms with Crippen molar-refractivity contribution in [2.75, 3.05) is 6.61 Å². The minimum atomic E-state index is -0.565. The molecule has 1 aliphatic rings. The first kappa shape index (κ1) is 23.3. The number of ether oxygens (including phenoxy) is 3. The van der Waals surface area contributed by atoms with Crippen molar-refractivity contribution in [1.29, 1.82) is 0 Å². The molecule has 4 aromatic rings. The molecule has 36 heavy (non-hydrogen) atoms. The lowest BCUT2D eigenvalue weighted by molar-refractivity contribution is -0.129. The van der Waals surface area contributed by atoms with Crippen LogP contribution in [-0.2, 0) is 9.53 Å². The van der Waals surface area contributed by atoms with Crippen LogP contribution < -0.4 is 9.47 Å². The molecule has 178 valence electrons. The lowest BCUT2D eigenvalue weighted by Crippen LogP contribution is -2.10. The topological polar surface area (TPSA) is 74.2 Å². The second kappa shape index (κ2) is 10.1. The first-order valence-electron chi connectivity index (χ1n) is 11.3. The van der Waals surface area contributed by atoms with Crippen LogP contribution in [0.4, 0.5) is 0 Å². The van der Waals surface area contributed by atoms with E-state index in [9.17, 15) is 9.59 Å². The molecule has 0 saturated carbocycles. The zero-order valence-corrected chi connectivity index (χ0v) is 20.0. The highest BCUT2D eigenvalue weighted by molar-refractivity contribution is 6.30. The van der Waals surface area contributed by atoms with Crippen molar-refractivity contribution >= 4 is 46.3 Å². The van der Waals surface area contributed by atoms with Crippen LogP contribution in [0, 0.1) is 0 Å². The van der Waals surface area contributed by atoms with Crippen LogP contribution in [0.2, 0.25) is 5.02 Å². The molecule has 0 spiro atoms. The van der Waals surface area contributed by atoms with Gasteiger partial charge in [-0.1, -0.05) is 54.1 Å². The van der Waals surface area contributed by atoms with E-state index < -0.39 is 11.9 Å². The van der Waals surface area contributed by atoms with Crippen LogP contribution in [0.3, 0.4) is 0 Å². The molecular weight excluding hydrogens is 478 g/mol. The van der Waals surface area contributed by atoms with E-state index in [1.54, 1.807) is 54.6 Å². The number of hydrogen-bond donors (Lipinski definition) is 0. The van der Waals surface area contributed by atoms with Crippen LogP contribution >= 0.6 is 11.6 Å². The van der Waals surface area contributed by atoms with Gasteiger partial charge in [0.15, 0.2) is 17.2 Å². The molecule has 0 amide bonds. The molecule has 6 nitrogen and oxygen atoms in total. The first-order valence-corrected chi connectivity index (χ1v) is 11.6. The molecule has 0 fully saturated rings. The normalized spacial score (nSPS) is 14.0. The minimum Gasteiger partial charge on any atom is -0.490 e. The average Bonchev–Trinajstić information content (AvgIpc) is 3.25.